The number of sulfonamides is 1. The van der Waals surface area contributed by atoms with E-state index >= 15 is 0 Å². The maximum Gasteiger partial charge on any atom is 0.265 e. The molecule has 1 aliphatic rings. The van der Waals surface area contributed by atoms with Crippen LogP contribution in [0.25, 0.3) is 10.8 Å². The molecular formula is C21H20N2O3S. The molecule has 0 aliphatic carbocycles. The number of amides is 1. The molecule has 1 N–H and O–H groups in total. The number of nitrogens with one attached hydrogen (secondary N) is 1. The van der Waals surface area contributed by atoms with Crippen LogP contribution in [-0.2, 0) is 21.2 Å². The zero-order chi connectivity index (χ0) is 19.2. The molecule has 3 aromatic carbocycles. The largest absolute Gasteiger partial charge is 0.324 e. The Kier molecular flexibility index (Phi) is 4.15. The number of benzene rings is 3. The first-order chi connectivity index (χ1) is 12.9. The maximum absolute atomic E-state index is 13.1. The Morgan fingerprint density at radius 2 is 1.74 bits per heavy atom. The molecule has 4 rings (SSSR count). The van der Waals surface area contributed by atoms with E-state index in [1.807, 2.05) is 49.4 Å². The Bertz CT molecular complexity index is 1150. The van der Waals surface area contributed by atoms with Crippen molar-refractivity contribution in [3.05, 3.63) is 66.2 Å². The topological polar surface area (TPSA) is 66.5 Å². The van der Waals surface area contributed by atoms with E-state index in [9.17, 15) is 13.2 Å². The summed E-state index contributed by atoms with van der Waals surface area (Å²) in [5.74, 6) is -0.357. The quantitative estimate of drug-likeness (QED) is 0.746. The third-order valence-electron chi connectivity index (χ3n) is 5.01. The fourth-order valence-electron chi connectivity index (χ4n) is 3.63. The van der Waals surface area contributed by atoms with E-state index in [0.717, 1.165) is 17.4 Å². The number of anilines is 2. The first-order valence-electron chi connectivity index (χ1n) is 8.90. The van der Waals surface area contributed by atoms with Gasteiger partial charge < -0.3 is 5.32 Å². The third kappa shape index (κ3) is 2.68. The first-order valence-corrected chi connectivity index (χ1v) is 10.3. The fraction of sp³-hybridized carbons (Fsp3) is 0.190. The molecular weight excluding hydrogens is 360 g/mol. The second-order valence-electron chi connectivity index (χ2n) is 6.61. The third-order valence-corrected chi connectivity index (χ3v) is 6.93. The standard InChI is InChI=1S/C21H20N2O3S/c1-3-15-8-4-5-11-17(15)22-21(24)14(2)23-18-12-6-9-16-10-7-13-19(20(16)18)27(23,25)26/h4-14H,3H2,1-2H3,(H,22,24)/t14-/m1/s1. The number of carbonyl (C=O) groups is 1. The van der Waals surface area contributed by atoms with E-state index in [2.05, 4.69) is 5.32 Å². The molecule has 1 atom stereocenters. The van der Waals surface area contributed by atoms with E-state index in [1.54, 1.807) is 25.1 Å². The van der Waals surface area contributed by atoms with Gasteiger partial charge in [-0.3, -0.25) is 9.10 Å². The Balaban J connectivity index is 1.73. The van der Waals surface area contributed by atoms with Gasteiger partial charge in [-0.1, -0.05) is 49.4 Å². The summed E-state index contributed by atoms with van der Waals surface area (Å²) in [5.41, 5.74) is 2.27. The zero-order valence-corrected chi connectivity index (χ0v) is 16.0. The lowest BCUT2D eigenvalue weighted by Crippen LogP contribution is -2.44. The molecule has 138 valence electrons. The molecule has 1 heterocycles. The molecule has 27 heavy (non-hydrogen) atoms. The normalized spacial score (nSPS) is 15.7. The van der Waals surface area contributed by atoms with Gasteiger partial charge in [-0.05, 0) is 42.5 Å². The van der Waals surface area contributed by atoms with Crippen molar-refractivity contribution in [2.24, 2.45) is 0 Å². The number of carbonyl (C=O) groups excluding carboxylic acids is 1. The number of nitrogens with zero attached hydrogens (tertiary/aromatic N) is 1. The van der Waals surface area contributed by atoms with Crippen LogP contribution >= 0.6 is 0 Å². The minimum atomic E-state index is -3.78. The van der Waals surface area contributed by atoms with Crippen LogP contribution in [0.4, 0.5) is 11.4 Å². The Hall–Kier alpha value is -2.86. The summed E-state index contributed by atoms with van der Waals surface area (Å²) in [6, 6.07) is 17.3. The van der Waals surface area contributed by atoms with E-state index in [1.165, 1.54) is 4.31 Å². The van der Waals surface area contributed by atoms with Crippen molar-refractivity contribution < 1.29 is 13.2 Å². The lowest BCUT2D eigenvalue weighted by molar-refractivity contribution is -0.116. The van der Waals surface area contributed by atoms with Gasteiger partial charge in [-0.25, -0.2) is 8.42 Å². The van der Waals surface area contributed by atoms with Gasteiger partial charge in [0.25, 0.3) is 10.0 Å². The predicted octanol–water partition coefficient (Wildman–Crippen LogP) is 3.94. The average Bonchev–Trinajstić information content (AvgIpc) is 2.90. The molecule has 1 aliphatic heterocycles. The van der Waals surface area contributed by atoms with Crippen LogP contribution in [0.15, 0.2) is 65.6 Å². The second kappa shape index (κ2) is 6.39. The number of hydrogen-bond acceptors (Lipinski definition) is 3. The number of rotatable bonds is 4. The highest BCUT2D eigenvalue weighted by Gasteiger charge is 2.40. The predicted molar refractivity (Wildman–Crippen MR) is 108 cm³/mol. The van der Waals surface area contributed by atoms with E-state index in [-0.39, 0.29) is 10.8 Å². The lowest BCUT2D eigenvalue weighted by atomic mass is 10.1. The smallest absolute Gasteiger partial charge is 0.265 e. The number of aryl methyl sites for hydroxylation is 1. The van der Waals surface area contributed by atoms with Crippen molar-refractivity contribution >= 4 is 38.1 Å². The zero-order valence-electron chi connectivity index (χ0n) is 15.1. The van der Waals surface area contributed by atoms with Gasteiger partial charge in [0, 0.05) is 11.1 Å². The second-order valence-corrected chi connectivity index (χ2v) is 8.39. The van der Waals surface area contributed by atoms with Crippen LogP contribution in [0.2, 0.25) is 0 Å². The summed E-state index contributed by atoms with van der Waals surface area (Å²) in [4.78, 5) is 13.2. The van der Waals surface area contributed by atoms with Gasteiger partial charge in [0.05, 0.1) is 10.6 Å². The molecule has 0 spiro atoms. The molecule has 5 nitrogen and oxygen atoms in total. The van der Waals surface area contributed by atoms with Crippen LogP contribution < -0.4 is 9.62 Å². The molecule has 0 aromatic heterocycles. The molecule has 6 heteroatoms. The molecule has 3 aromatic rings. The minimum Gasteiger partial charge on any atom is -0.324 e. The molecule has 0 saturated carbocycles. The summed E-state index contributed by atoms with van der Waals surface area (Å²) in [7, 11) is -3.78. The first kappa shape index (κ1) is 17.5. The van der Waals surface area contributed by atoms with Crippen LogP contribution in [0.1, 0.15) is 19.4 Å². The molecule has 0 radical (unpaired) electrons. The highest BCUT2D eigenvalue weighted by Crippen LogP contribution is 2.43. The average molecular weight is 380 g/mol. The van der Waals surface area contributed by atoms with Crippen molar-refractivity contribution in [3.8, 4) is 0 Å². The van der Waals surface area contributed by atoms with Crippen LogP contribution in [0, 0.1) is 0 Å². The van der Waals surface area contributed by atoms with Crippen LogP contribution in [-0.4, -0.2) is 20.4 Å². The fourth-order valence-corrected chi connectivity index (χ4v) is 5.50. The van der Waals surface area contributed by atoms with Crippen LogP contribution in [0.3, 0.4) is 0 Å². The molecule has 0 saturated heterocycles. The van der Waals surface area contributed by atoms with Gasteiger partial charge in [0.1, 0.15) is 6.04 Å². The van der Waals surface area contributed by atoms with Crippen LogP contribution in [0.5, 0.6) is 0 Å². The Labute approximate surface area is 158 Å². The molecule has 1 amide bonds. The van der Waals surface area contributed by atoms with Gasteiger partial charge in [0.15, 0.2) is 0 Å². The summed E-state index contributed by atoms with van der Waals surface area (Å²) in [6.45, 7) is 3.63. The summed E-state index contributed by atoms with van der Waals surface area (Å²) in [5, 5.41) is 4.41. The monoisotopic (exact) mass is 380 g/mol. The highest BCUT2D eigenvalue weighted by atomic mass is 32.2. The van der Waals surface area contributed by atoms with Gasteiger partial charge >= 0.3 is 0 Å². The van der Waals surface area contributed by atoms with Gasteiger partial charge in [-0.15, -0.1) is 0 Å². The highest BCUT2D eigenvalue weighted by molar-refractivity contribution is 7.93. The van der Waals surface area contributed by atoms with E-state index < -0.39 is 16.1 Å². The van der Waals surface area contributed by atoms with E-state index in [0.29, 0.717) is 16.8 Å². The summed E-state index contributed by atoms with van der Waals surface area (Å²) in [6.07, 6.45) is 0.775. The van der Waals surface area contributed by atoms with Crippen molar-refractivity contribution in [3.63, 3.8) is 0 Å². The van der Waals surface area contributed by atoms with Crippen molar-refractivity contribution in [2.45, 2.75) is 31.2 Å². The van der Waals surface area contributed by atoms with Crippen molar-refractivity contribution in [2.75, 3.05) is 9.62 Å². The summed E-state index contributed by atoms with van der Waals surface area (Å²) < 4.78 is 27.5. The van der Waals surface area contributed by atoms with Crippen molar-refractivity contribution in [1.29, 1.82) is 0 Å². The van der Waals surface area contributed by atoms with E-state index in [4.69, 9.17) is 0 Å². The number of hydrogen-bond donors (Lipinski definition) is 1. The number of para-hydroxylation sites is 1. The van der Waals surface area contributed by atoms with Gasteiger partial charge in [-0.2, -0.15) is 0 Å². The Morgan fingerprint density at radius 3 is 2.48 bits per heavy atom. The molecule has 0 fully saturated rings. The van der Waals surface area contributed by atoms with Gasteiger partial charge in [0.2, 0.25) is 5.91 Å². The summed E-state index contributed by atoms with van der Waals surface area (Å²) >= 11 is 0. The lowest BCUT2D eigenvalue weighted by Gasteiger charge is -2.25. The maximum atomic E-state index is 13.1. The molecule has 0 unspecified atom stereocenters. The molecule has 0 bridgehead atoms. The SMILES string of the molecule is CCc1ccccc1NC(=O)[C@@H](C)N1c2cccc3cccc(c23)S1(=O)=O. The van der Waals surface area contributed by atoms with Crippen molar-refractivity contribution in [1.82, 2.24) is 0 Å². The Morgan fingerprint density at radius 1 is 1.04 bits per heavy atom. The minimum absolute atomic E-state index is 0.254.